The first-order valence-electron chi connectivity index (χ1n) is 9.98. The number of guanidine groups is 1. The first kappa shape index (κ1) is 21.3. The first-order valence-corrected chi connectivity index (χ1v) is 9.98. The summed E-state index contributed by atoms with van der Waals surface area (Å²) < 4.78 is 12.7. The molecular weight excluding hydrogens is 340 g/mol. The number of nitrogens with zero attached hydrogens (tertiary/aromatic N) is 2. The molecule has 0 atom stereocenters. The van der Waals surface area contributed by atoms with Crippen molar-refractivity contribution in [3.8, 4) is 0 Å². The lowest BCUT2D eigenvalue weighted by Gasteiger charge is -2.11. The third-order valence-electron chi connectivity index (χ3n) is 4.29. The quantitative estimate of drug-likeness (QED) is 0.321. The number of benzene rings is 1. The van der Waals surface area contributed by atoms with Gasteiger partial charge in [-0.05, 0) is 43.7 Å². The van der Waals surface area contributed by atoms with E-state index in [4.69, 9.17) is 9.47 Å². The van der Waals surface area contributed by atoms with E-state index in [0.717, 1.165) is 58.0 Å². The highest BCUT2D eigenvalue weighted by Gasteiger charge is 2.00. The number of aromatic nitrogens is 1. The van der Waals surface area contributed by atoms with E-state index in [1.54, 1.807) is 7.11 Å². The minimum Gasteiger partial charge on any atom is -0.382 e. The minimum atomic E-state index is 0.661. The molecular formula is C21H34N4O2. The average Bonchev–Trinajstić information content (AvgIpc) is 3.10. The Morgan fingerprint density at radius 1 is 1.04 bits per heavy atom. The Morgan fingerprint density at radius 2 is 1.93 bits per heavy atom. The van der Waals surface area contributed by atoms with Crippen molar-refractivity contribution in [3.63, 3.8) is 0 Å². The molecule has 2 rings (SSSR count). The van der Waals surface area contributed by atoms with Gasteiger partial charge in [0.05, 0.1) is 13.2 Å². The average molecular weight is 375 g/mol. The highest BCUT2D eigenvalue weighted by atomic mass is 16.5. The fraction of sp³-hybridized carbons (Fsp3) is 0.571. The van der Waals surface area contributed by atoms with Gasteiger partial charge in [-0.3, -0.25) is 4.99 Å². The molecule has 0 amide bonds. The molecule has 0 unspecified atom stereocenters. The maximum Gasteiger partial charge on any atom is 0.191 e. The number of nitrogens with one attached hydrogen (secondary N) is 2. The van der Waals surface area contributed by atoms with Crippen molar-refractivity contribution in [3.05, 3.63) is 36.5 Å². The summed E-state index contributed by atoms with van der Waals surface area (Å²) in [7, 11) is 1.69. The van der Waals surface area contributed by atoms with E-state index >= 15 is 0 Å². The van der Waals surface area contributed by atoms with Gasteiger partial charge in [0.15, 0.2) is 5.96 Å². The molecule has 6 heteroatoms. The third-order valence-corrected chi connectivity index (χ3v) is 4.29. The van der Waals surface area contributed by atoms with Crippen molar-refractivity contribution in [2.45, 2.75) is 32.7 Å². The van der Waals surface area contributed by atoms with Crippen LogP contribution in [0.5, 0.6) is 0 Å². The second kappa shape index (κ2) is 13.2. The predicted octanol–water partition coefficient (Wildman–Crippen LogP) is 3.03. The number of aryl methyl sites for hydroxylation is 1. The highest BCUT2D eigenvalue weighted by molar-refractivity contribution is 5.80. The number of methoxy groups -OCH3 is 1. The van der Waals surface area contributed by atoms with E-state index in [1.807, 2.05) is 0 Å². The van der Waals surface area contributed by atoms with E-state index in [2.05, 4.69) is 63.6 Å². The molecule has 0 aliphatic carbocycles. The summed E-state index contributed by atoms with van der Waals surface area (Å²) in [4.78, 5) is 4.68. The maximum absolute atomic E-state index is 5.47. The van der Waals surface area contributed by atoms with Crippen LogP contribution >= 0.6 is 0 Å². The molecule has 150 valence electrons. The van der Waals surface area contributed by atoms with Crippen molar-refractivity contribution in [2.75, 3.05) is 46.6 Å². The van der Waals surface area contributed by atoms with E-state index in [-0.39, 0.29) is 0 Å². The molecule has 2 aromatic rings. The number of unbranched alkanes of at least 4 members (excludes halogenated alkanes) is 1. The van der Waals surface area contributed by atoms with Gasteiger partial charge in [0.25, 0.3) is 0 Å². The summed E-state index contributed by atoms with van der Waals surface area (Å²) in [6.45, 7) is 7.77. The number of ether oxygens (including phenoxy) is 2. The number of hydrogen-bond donors (Lipinski definition) is 2. The summed E-state index contributed by atoms with van der Waals surface area (Å²) in [6, 6.07) is 10.7. The Kier molecular flexibility index (Phi) is 10.4. The van der Waals surface area contributed by atoms with E-state index in [1.165, 1.54) is 10.9 Å². The normalized spacial score (nSPS) is 11.9. The first-order chi connectivity index (χ1) is 13.3. The van der Waals surface area contributed by atoms with Crippen molar-refractivity contribution in [2.24, 2.45) is 4.99 Å². The van der Waals surface area contributed by atoms with Crippen molar-refractivity contribution < 1.29 is 9.47 Å². The fourth-order valence-corrected chi connectivity index (χ4v) is 2.89. The molecule has 0 saturated carbocycles. The van der Waals surface area contributed by atoms with Crippen molar-refractivity contribution in [1.82, 2.24) is 15.2 Å². The molecule has 0 spiro atoms. The Morgan fingerprint density at radius 3 is 2.78 bits per heavy atom. The number of para-hydroxylation sites is 1. The molecule has 0 bridgehead atoms. The molecule has 0 radical (unpaired) electrons. The van der Waals surface area contributed by atoms with Crippen LogP contribution in [0.15, 0.2) is 41.5 Å². The summed E-state index contributed by atoms with van der Waals surface area (Å²) in [6.07, 6.45) is 5.28. The van der Waals surface area contributed by atoms with Gasteiger partial charge < -0.3 is 24.7 Å². The van der Waals surface area contributed by atoms with Crippen LogP contribution in [0, 0.1) is 0 Å². The van der Waals surface area contributed by atoms with E-state index < -0.39 is 0 Å². The van der Waals surface area contributed by atoms with Gasteiger partial charge in [0.1, 0.15) is 0 Å². The van der Waals surface area contributed by atoms with Crippen molar-refractivity contribution in [1.29, 1.82) is 0 Å². The molecule has 2 N–H and O–H groups in total. The van der Waals surface area contributed by atoms with Gasteiger partial charge in [0, 0.05) is 51.6 Å². The zero-order valence-corrected chi connectivity index (χ0v) is 16.7. The Hall–Kier alpha value is -2.05. The van der Waals surface area contributed by atoms with Gasteiger partial charge in [-0.25, -0.2) is 0 Å². The van der Waals surface area contributed by atoms with Crippen LogP contribution in [0.3, 0.4) is 0 Å². The van der Waals surface area contributed by atoms with Crippen LogP contribution < -0.4 is 10.6 Å². The van der Waals surface area contributed by atoms with Gasteiger partial charge >= 0.3 is 0 Å². The zero-order chi connectivity index (χ0) is 19.2. The number of fused-ring (bicyclic) bond motifs is 1. The largest absolute Gasteiger partial charge is 0.382 e. The minimum absolute atomic E-state index is 0.661. The standard InChI is InChI=1S/C21H34N4O2/c1-3-22-21(23-12-6-7-16-27-18-17-26-2)24-13-8-14-25-15-11-19-9-4-5-10-20(19)25/h4-5,9-11,15H,3,6-8,12-14,16-18H2,1-2H3,(H2,22,23,24). The number of aliphatic imine (C=N–C) groups is 1. The second-order valence-corrected chi connectivity index (χ2v) is 6.42. The summed E-state index contributed by atoms with van der Waals surface area (Å²) in [5, 5.41) is 8.00. The zero-order valence-electron chi connectivity index (χ0n) is 16.7. The fourth-order valence-electron chi connectivity index (χ4n) is 2.89. The van der Waals surface area contributed by atoms with Crippen molar-refractivity contribution >= 4 is 16.9 Å². The molecule has 0 aliphatic heterocycles. The summed E-state index contributed by atoms with van der Waals surface area (Å²) >= 11 is 0. The second-order valence-electron chi connectivity index (χ2n) is 6.42. The third kappa shape index (κ3) is 8.01. The smallest absolute Gasteiger partial charge is 0.191 e. The summed E-state index contributed by atoms with van der Waals surface area (Å²) in [5.41, 5.74) is 1.29. The molecule has 0 saturated heterocycles. The van der Waals surface area contributed by atoms with E-state index in [9.17, 15) is 0 Å². The van der Waals surface area contributed by atoms with Gasteiger partial charge in [0.2, 0.25) is 0 Å². The Bertz CT molecular complexity index is 669. The number of hydrogen-bond acceptors (Lipinski definition) is 3. The molecule has 1 heterocycles. The van der Waals surface area contributed by atoms with Gasteiger partial charge in [-0.15, -0.1) is 0 Å². The molecule has 27 heavy (non-hydrogen) atoms. The van der Waals surface area contributed by atoms with Gasteiger partial charge in [-0.2, -0.15) is 0 Å². The molecule has 1 aromatic carbocycles. The van der Waals surface area contributed by atoms with Crippen LogP contribution in [0.25, 0.3) is 10.9 Å². The summed E-state index contributed by atoms with van der Waals surface area (Å²) in [5.74, 6) is 0.898. The van der Waals surface area contributed by atoms with Crippen LogP contribution in [-0.4, -0.2) is 57.1 Å². The predicted molar refractivity (Wildman–Crippen MR) is 112 cm³/mol. The highest BCUT2D eigenvalue weighted by Crippen LogP contribution is 2.15. The van der Waals surface area contributed by atoms with Gasteiger partial charge in [-0.1, -0.05) is 18.2 Å². The molecule has 0 aliphatic rings. The maximum atomic E-state index is 5.47. The lowest BCUT2D eigenvalue weighted by atomic mass is 10.2. The number of rotatable bonds is 13. The van der Waals surface area contributed by atoms with Crippen LogP contribution in [-0.2, 0) is 16.0 Å². The van der Waals surface area contributed by atoms with Crippen LogP contribution in [0.4, 0.5) is 0 Å². The topological polar surface area (TPSA) is 59.8 Å². The molecule has 0 fully saturated rings. The Labute approximate surface area is 162 Å². The van der Waals surface area contributed by atoms with E-state index in [0.29, 0.717) is 13.2 Å². The molecule has 6 nitrogen and oxygen atoms in total. The van der Waals surface area contributed by atoms with Crippen LogP contribution in [0.1, 0.15) is 26.2 Å². The monoisotopic (exact) mass is 374 g/mol. The molecule has 1 aromatic heterocycles. The Balaban J connectivity index is 1.64. The lowest BCUT2D eigenvalue weighted by molar-refractivity contribution is 0.0689. The lowest BCUT2D eigenvalue weighted by Crippen LogP contribution is -2.38. The SMILES string of the molecule is CCNC(=NCCCn1ccc2ccccc21)NCCCCOCCOC. The van der Waals surface area contributed by atoms with Crippen LogP contribution in [0.2, 0.25) is 0 Å².